The molecule has 0 aliphatic heterocycles. The van der Waals surface area contributed by atoms with Crippen molar-refractivity contribution in [2.75, 3.05) is 13.1 Å². The van der Waals surface area contributed by atoms with Crippen LogP contribution in [-0.2, 0) is 4.79 Å². The summed E-state index contributed by atoms with van der Waals surface area (Å²) < 4.78 is 0. The van der Waals surface area contributed by atoms with E-state index in [0.717, 1.165) is 38.8 Å². The summed E-state index contributed by atoms with van der Waals surface area (Å²) in [4.78, 5) is 14.9. The molecular formula is C14H28N2OS. The Bertz CT molecular complexity index is 273. The van der Waals surface area contributed by atoms with E-state index in [1.165, 1.54) is 0 Å². The third-order valence-electron chi connectivity index (χ3n) is 3.57. The van der Waals surface area contributed by atoms with Crippen LogP contribution in [0.1, 0.15) is 59.8 Å². The SMILES string of the molecule is CCCCN(CCCC)C(=O)C(C)(CC)C(N)=S. The number of unbranched alkanes of at least 4 members (excludes halogenated alkanes) is 2. The highest BCUT2D eigenvalue weighted by Crippen LogP contribution is 2.25. The summed E-state index contributed by atoms with van der Waals surface area (Å²) in [5, 5.41) is 0. The van der Waals surface area contributed by atoms with Gasteiger partial charge in [0.25, 0.3) is 0 Å². The van der Waals surface area contributed by atoms with Crippen LogP contribution >= 0.6 is 12.2 Å². The first-order valence-corrected chi connectivity index (χ1v) is 7.44. The molecule has 0 rings (SSSR count). The molecule has 0 heterocycles. The van der Waals surface area contributed by atoms with Crippen molar-refractivity contribution in [2.45, 2.75) is 59.8 Å². The number of thiocarbonyl (C=S) groups is 1. The van der Waals surface area contributed by atoms with Gasteiger partial charge in [-0.2, -0.15) is 0 Å². The van der Waals surface area contributed by atoms with Crippen molar-refractivity contribution in [1.82, 2.24) is 4.90 Å². The fraction of sp³-hybridized carbons (Fsp3) is 0.857. The van der Waals surface area contributed by atoms with Crippen molar-refractivity contribution in [3.05, 3.63) is 0 Å². The zero-order valence-electron chi connectivity index (χ0n) is 12.3. The van der Waals surface area contributed by atoms with Crippen molar-refractivity contribution in [3.8, 4) is 0 Å². The molecule has 0 bridgehead atoms. The summed E-state index contributed by atoms with van der Waals surface area (Å²) in [6, 6.07) is 0. The first kappa shape index (κ1) is 17.4. The summed E-state index contributed by atoms with van der Waals surface area (Å²) in [6.45, 7) is 9.72. The molecule has 1 atom stereocenters. The standard InChI is InChI=1S/C14H28N2OS/c1-5-8-10-16(11-9-6-2)13(17)14(4,7-3)12(15)18/h5-11H2,1-4H3,(H2,15,18). The monoisotopic (exact) mass is 272 g/mol. The van der Waals surface area contributed by atoms with Gasteiger partial charge in [-0.05, 0) is 26.2 Å². The average molecular weight is 272 g/mol. The largest absolute Gasteiger partial charge is 0.392 e. The number of hydrogen-bond acceptors (Lipinski definition) is 2. The molecule has 0 radical (unpaired) electrons. The van der Waals surface area contributed by atoms with Gasteiger partial charge in [0.2, 0.25) is 5.91 Å². The van der Waals surface area contributed by atoms with Crippen molar-refractivity contribution >= 4 is 23.1 Å². The van der Waals surface area contributed by atoms with E-state index in [1.807, 2.05) is 18.7 Å². The Morgan fingerprint density at radius 3 is 1.89 bits per heavy atom. The molecule has 0 aromatic carbocycles. The van der Waals surface area contributed by atoms with Crippen molar-refractivity contribution in [3.63, 3.8) is 0 Å². The first-order chi connectivity index (χ1) is 8.43. The maximum absolute atomic E-state index is 12.6. The summed E-state index contributed by atoms with van der Waals surface area (Å²) in [5.41, 5.74) is 5.08. The quantitative estimate of drug-likeness (QED) is 0.656. The molecule has 106 valence electrons. The van der Waals surface area contributed by atoms with E-state index in [2.05, 4.69) is 13.8 Å². The topological polar surface area (TPSA) is 46.3 Å². The molecule has 0 aromatic heterocycles. The first-order valence-electron chi connectivity index (χ1n) is 7.03. The van der Waals surface area contributed by atoms with E-state index in [0.29, 0.717) is 11.4 Å². The molecule has 0 aromatic rings. The Morgan fingerprint density at radius 1 is 1.17 bits per heavy atom. The van der Waals surface area contributed by atoms with Gasteiger partial charge in [0.15, 0.2) is 0 Å². The third kappa shape index (κ3) is 4.56. The lowest BCUT2D eigenvalue weighted by Gasteiger charge is -2.33. The number of amides is 1. The Hall–Kier alpha value is -0.640. The summed E-state index contributed by atoms with van der Waals surface area (Å²) in [5.74, 6) is 0.0967. The number of nitrogens with zero attached hydrogens (tertiary/aromatic N) is 1. The van der Waals surface area contributed by atoms with E-state index in [4.69, 9.17) is 18.0 Å². The van der Waals surface area contributed by atoms with Crippen LogP contribution in [0.3, 0.4) is 0 Å². The minimum atomic E-state index is -0.684. The molecule has 1 unspecified atom stereocenters. The summed E-state index contributed by atoms with van der Waals surface area (Å²) in [6.07, 6.45) is 4.91. The van der Waals surface area contributed by atoms with Crippen LogP contribution in [0.2, 0.25) is 0 Å². The Balaban J connectivity index is 4.85. The Morgan fingerprint density at radius 2 is 1.61 bits per heavy atom. The van der Waals surface area contributed by atoms with Gasteiger partial charge in [0.1, 0.15) is 0 Å². The van der Waals surface area contributed by atoms with Crippen molar-refractivity contribution in [2.24, 2.45) is 11.1 Å². The van der Waals surface area contributed by atoms with Gasteiger partial charge in [0, 0.05) is 13.1 Å². The summed E-state index contributed by atoms with van der Waals surface area (Å²) in [7, 11) is 0. The lowest BCUT2D eigenvalue weighted by molar-refractivity contribution is -0.138. The Kier molecular flexibility index (Phi) is 8.16. The number of hydrogen-bond donors (Lipinski definition) is 1. The molecule has 1 amide bonds. The van der Waals surface area contributed by atoms with Crippen molar-refractivity contribution in [1.29, 1.82) is 0 Å². The van der Waals surface area contributed by atoms with Gasteiger partial charge in [-0.3, -0.25) is 4.79 Å². The highest BCUT2D eigenvalue weighted by atomic mass is 32.1. The Labute approximate surface area is 117 Å². The minimum absolute atomic E-state index is 0.0967. The van der Waals surface area contributed by atoms with Crippen molar-refractivity contribution < 1.29 is 4.79 Å². The molecule has 0 fully saturated rings. The molecule has 3 nitrogen and oxygen atoms in total. The molecule has 0 spiro atoms. The molecule has 0 aliphatic rings. The van der Waals surface area contributed by atoms with Crippen LogP contribution in [0.5, 0.6) is 0 Å². The molecule has 0 saturated heterocycles. The average Bonchev–Trinajstić information content (AvgIpc) is 2.37. The van der Waals surface area contributed by atoms with Crippen LogP contribution < -0.4 is 5.73 Å². The second kappa shape index (κ2) is 8.46. The second-order valence-electron chi connectivity index (χ2n) is 5.05. The number of carbonyl (C=O) groups is 1. The maximum Gasteiger partial charge on any atom is 0.235 e. The fourth-order valence-corrected chi connectivity index (χ4v) is 2.02. The van der Waals surface area contributed by atoms with Gasteiger partial charge >= 0.3 is 0 Å². The number of rotatable bonds is 9. The van der Waals surface area contributed by atoms with E-state index in [9.17, 15) is 4.79 Å². The van der Waals surface area contributed by atoms with Crippen LogP contribution in [0, 0.1) is 5.41 Å². The van der Waals surface area contributed by atoms with Crippen LogP contribution in [0.25, 0.3) is 0 Å². The second-order valence-corrected chi connectivity index (χ2v) is 5.49. The lowest BCUT2D eigenvalue weighted by Crippen LogP contribution is -2.49. The smallest absolute Gasteiger partial charge is 0.235 e. The lowest BCUT2D eigenvalue weighted by atomic mass is 9.85. The summed E-state index contributed by atoms with van der Waals surface area (Å²) >= 11 is 5.08. The zero-order chi connectivity index (χ0) is 14.2. The number of nitrogens with two attached hydrogens (primary N) is 1. The molecule has 0 saturated carbocycles. The minimum Gasteiger partial charge on any atom is -0.392 e. The van der Waals surface area contributed by atoms with Crippen LogP contribution in [-0.4, -0.2) is 28.9 Å². The predicted molar refractivity (Wildman–Crippen MR) is 81.6 cm³/mol. The zero-order valence-corrected chi connectivity index (χ0v) is 13.1. The number of carbonyl (C=O) groups excluding carboxylic acids is 1. The highest BCUT2D eigenvalue weighted by molar-refractivity contribution is 7.80. The third-order valence-corrected chi connectivity index (χ3v) is 4.02. The highest BCUT2D eigenvalue weighted by Gasteiger charge is 2.37. The fourth-order valence-electron chi connectivity index (χ4n) is 1.79. The van der Waals surface area contributed by atoms with Crippen LogP contribution in [0.15, 0.2) is 0 Å². The van der Waals surface area contributed by atoms with E-state index < -0.39 is 5.41 Å². The van der Waals surface area contributed by atoms with E-state index in [-0.39, 0.29) is 5.91 Å². The van der Waals surface area contributed by atoms with E-state index in [1.54, 1.807) is 0 Å². The molecule has 18 heavy (non-hydrogen) atoms. The van der Waals surface area contributed by atoms with Gasteiger partial charge in [0.05, 0.1) is 10.4 Å². The van der Waals surface area contributed by atoms with Gasteiger partial charge in [-0.1, -0.05) is 45.8 Å². The molecule has 4 heteroatoms. The van der Waals surface area contributed by atoms with E-state index >= 15 is 0 Å². The van der Waals surface area contributed by atoms with Gasteiger partial charge in [-0.15, -0.1) is 0 Å². The maximum atomic E-state index is 12.6. The molecule has 0 aliphatic carbocycles. The predicted octanol–water partition coefficient (Wildman–Crippen LogP) is 3.12. The normalized spacial score (nSPS) is 14.0. The molecular weight excluding hydrogens is 244 g/mol. The van der Waals surface area contributed by atoms with Crippen LogP contribution in [0.4, 0.5) is 0 Å². The molecule has 2 N–H and O–H groups in total. The van der Waals surface area contributed by atoms with Gasteiger partial charge in [-0.25, -0.2) is 0 Å². The van der Waals surface area contributed by atoms with Gasteiger partial charge < -0.3 is 10.6 Å².